The number of rotatable bonds is 2. The minimum Gasteiger partial charge on any atom is -0.433 e. The molecule has 0 unspecified atom stereocenters. The molecule has 3 aromatic rings. The molecule has 1 fully saturated rings. The van der Waals surface area contributed by atoms with Crippen LogP contribution >= 0.6 is 11.8 Å². The van der Waals surface area contributed by atoms with Crippen molar-refractivity contribution in [2.75, 3.05) is 5.75 Å². The van der Waals surface area contributed by atoms with E-state index >= 15 is 0 Å². The van der Waals surface area contributed by atoms with E-state index in [-0.39, 0.29) is 0 Å². The lowest BCUT2D eigenvalue weighted by Gasteiger charge is -1.99. The zero-order valence-electron chi connectivity index (χ0n) is 12.4. The van der Waals surface area contributed by atoms with E-state index in [9.17, 15) is 0 Å². The van der Waals surface area contributed by atoms with Gasteiger partial charge in [0.25, 0.3) is 0 Å². The Bertz CT molecular complexity index is 898. The van der Waals surface area contributed by atoms with E-state index in [4.69, 9.17) is 4.42 Å². The number of oxazole rings is 1. The highest BCUT2D eigenvalue weighted by molar-refractivity contribution is 8.14. The van der Waals surface area contributed by atoms with Crippen LogP contribution in [0.4, 0.5) is 5.82 Å². The van der Waals surface area contributed by atoms with Gasteiger partial charge in [-0.2, -0.15) is 4.98 Å². The summed E-state index contributed by atoms with van der Waals surface area (Å²) in [6.07, 6.45) is 3.73. The van der Waals surface area contributed by atoms with Crippen LogP contribution in [0.15, 0.2) is 57.7 Å². The van der Waals surface area contributed by atoms with Crippen LogP contribution in [-0.2, 0) is 0 Å². The molecule has 0 bridgehead atoms. The third kappa shape index (κ3) is 2.83. The molecule has 0 atom stereocenters. The molecule has 23 heavy (non-hydrogen) atoms. The van der Waals surface area contributed by atoms with E-state index in [1.54, 1.807) is 18.0 Å². The van der Waals surface area contributed by atoms with Crippen molar-refractivity contribution >= 4 is 34.0 Å². The van der Waals surface area contributed by atoms with Gasteiger partial charge in [-0.05, 0) is 31.2 Å². The predicted octanol–water partition coefficient (Wildman–Crippen LogP) is 3.51. The van der Waals surface area contributed by atoms with Gasteiger partial charge in [-0.1, -0.05) is 23.9 Å². The maximum atomic E-state index is 5.70. The lowest BCUT2D eigenvalue weighted by Crippen LogP contribution is -2.11. The summed E-state index contributed by atoms with van der Waals surface area (Å²) in [5.74, 6) is 1.97. The molecular formula is C16H13N5OS. The standard InChI is InChI=1S/C16H13N5OS/c1-2-10-9-23-16(18-10)20-13-7-3-5-11(19-13)15-21-14-12(22-15)6-4-8-17-14/h2-8H,9H2,1H3,(H,18,19,20)/b10-2+. The molecule has 0 saturated carbocycles. The molecule has 0 radical (unpaired) electrons. The monoisotopic (exact) mass is 323 g/mol. The average Bonchev–Trinajstić information content (AvgIpc) is 3.21. The fraction of sp³-hybridized carbons (Fsp3) is 0.125. The fourth-order valence-corrected chi connectivity index (χ4v) is 3.05. The minimum absolute atomic E-state index is 0.446. The summed E-state index contributed by atoms with van der Waals surface area (Å²) in [4.78, 5) is 17.6. The summed E-state index contributed by atoms with van der Waals surface area (Å²) in [6.45, 7) is 2.01. The quantitative estimate of drug-likeness (QED) is 0.777. The van der Waals surface area contributed by atoms with Gasteiger partial charge < -0.3 is 9.73 Å². The molecule has 0 spiro atoms. The van der Waals surface area contributed by atoms with Crippen LogP contribution in [0.5, 0.6) is 0 Å². The van der Waals surface area contributed by atoms with Crippen LogP contribution in [0.2, 0.25) is 0 Å². The number of fused-ring (bicyclic) bond motifs is 1. The zero-order valence-corrected chi connectivity index (χ0v) is 13.2. The first-order chi connectivity index (χ1) is 11.3. The van der Waals surface area contributed by atoms with Gasteiger partial charge in [-0.3, -0.25) is 0 Å². The number of hydrogen-bond acceptors (Lipinski definition) is 6. The van der Waals surface area contributed by atoms with E-state index in [2.05, 4.69) is 25.3 Å². The van der Waals surface area contributed by atoms with Gasteiger partial charge in [0.1, 0.15) is 5.69 Å². The zero-order chi connectivity index (χ0) is 15.6. The number of nitrogens with one attached hydrogen (secondary N) is 1. The summed E-state index contributed by atoms with van der Waals surface area (Å²) in [7, 11) is 0. The topological polar surface area (TPSA) is 76.2 Å². The van der Waals surface area contributed by atoms with Crippen molar-refractivity contribution in [3.63, 3.8) is 0 Å². The second-order valence-electron chi connectivity index (χ2n) is 4.87. The molecule has 114 valence electrons. The molecule has 1 saturated heterocycles. The number of hydrogen-bond donors (Lipinski definition) is 1. The molecule has 4 heterocycles. The molecule has 0 amide bonds. The van der Waals surface area contributed by atoms with Crippen LogP contribution < -0.4 is 5.32 Å². The third-order valence-electron chi connectivity index (χ3n) is 3.31. The molecule has 1 aliphatic rings. The molecule has 4 rings (SSSR count). The Morgan fingerprint density at radius 3 is 3.04 bits per heavy atom. The maximum absolute atomic E-state index is 5.70. The maximum Gasteiger partial charge on any atom is 0.247 e. The minimum atomic E-state index is 0.446. The van der Waals surface area contributed by atoms with Gasteiger partial charge in [-0.25, -0.2) is 15.0 Å². The summed E-state index contributed by atoms with van der Waals surface area (Å²) < 4.78 is 5.70. The van der Waals surface area contributed by atoms with Gasteiger partial charge in [0, 0.05) is 17.6 Å². The second-order valence-corrected chi connectivity index (χ2v) is 5.83. The molecule has 6 nitrogen and oxygen atoms in total. The predicted molar refractivity (Wildman–Crippen MR) is 91.5 cm³/mol. The van der Waals surface area contributed by atoms with Gasteiger partial charge in [0.05, 0.1) is 0 Å². The van der Waals surface area contributed by atoms with Crippen molar-refractivity contribution < 1.29 is 4.42 Å². The average molecular weight is 323 g/mol. The molecular weight excluding hydrogens is 310 g/mol. The normalized spacial score (nSPS) is 18.0. The highest BCUT2D eigenvalue weighted by Gasteiger charge is 2.14. The van der Waals surface area contributed by atoms with Crippen LogP contribution in [0.3, 0.4) is 0 Å². The number of nitrogens with zero attached hydrogens (tertiary/aromatic N) is 4. The van der Waals surface area contributed by atoms with Gasteiger partial charge >= 0.3 is 0 Å². The molecule has 0 aliphatic carbocycles. The molecule has 1 aliphatic heterocycles. The number of amidine groups is 1. The Labute approximate surface area is 136 Å². The number of aromatic nitrogens is 3. The van der Waals surface area contributed by atoms with Gasteiger partial charge in [0.15, 0.2) is 22.2 Å². The second kappa shape index (κ2) is 5.85. The summed E-state index contributed by atoms with van der Waals surface area (Å²) in [5.41, 5.74) is 3.02. The van der Waals surface area contributed by atoms with E-state index in [1.165, 1.54) is 0 Å². The first-order valence-electron chi connectivity index (χ1n) is 7.14. The highest BCUT2D eigenvalue weighted by Crippen LogP contribution is 2.24. The SMILES string of the molecule is C/C=C1\CS/C(=N/c2cccc(-c3nc4ncccc4o3)n2)N1. The van der Waals surface area contributed by atoms with Crippen molar-refractivity contribution in [2.45, 2.75) is 6.92 Å². The Morgan fingerprint density at radius 1 is 1.26 bits per heavy atom. The lowest BCUT2D eigenvalue weighted by molar-refractivity contribution is 0.616. The van der Waals surface area contributed by atoms with Crippen LogP contribution in [-0.4, -0.2) is 25.9 Å². The highest BCUT2D eigenvalue weighted by atomic mass is 32.2. The summed E-state index contributed by atoms with van der Waals surface area (Å²) >= 11 is 1.66. The Balaban J connectivity index is 1.67. The molecule has 1 N–H and O–H groups in total. The van der Waals surface area contributed by atoms with Crippen LogP contribution in [0.1, 0.15) is 6.92 Å². The summed E-state index contributed by atoms with van der Waals surface area (Å²) in [6, 6.07) is 9.24. The van der Waals surface area contributed by atoms with Crippen molar-refractivity contribution in [1.82, 2.24) is 20.3 Å². The lowest BCUT2D eigenvalue weighted by atomic mass is 10.3. The molecule has 7 heteroatoms. The Morgan fingerprint density at radius 2 is 2.22 bits per heavy atom. The van der Waals surface area contributed by atoms with Crippen LogP contribution in [0.25, 0.3) is 22.8 Å². The first-order valence-corrected chi connectivity index (χ1v) is 8.13. The van der Waals surface area contributed by atoms with E-state index in [0.29, 0.717) is 28.6 Å². The summed E-state index contributed by atoms with van der Waals surface area (Å²) in [5, 5.41) is 4.10. The van der Waals surface area contributed by atoms with Crippen molar-refractivity contribution in [3.05, 3.63) is 48.3 Å². The largest absolute Gasteiger partial charge is 0.433 e. The first kappa shape index (κ1) is 14.0. The number of allylic oxidation sites excluding steroid dienone is 1. The van der Waals surface area contributed by atoms with E-state index < -0.39 is 0 Å². The number of pyridine rings is 2. The van der Waals surface area contributed by atoms with Crippen LogP contribution in [0, 0.1) is 0 Å². The van der Waals surface area contributed by atoms with Crippen molar-refractivity contribution in [2.24, 2.45) is 4.99 Å². The van der Waals surface area contributed by atoms with Crippen molar-refractivity contribution in [3.8, 4) is 11.6 Å². The van der Waals surface area contributed by atoms with E-state index in [1.807, 2.05) is 43.3 Å². The van der Waals surface area contributed by atoms with Crippen molar-refractivity contribution in [1.29, 1.82) is 0 Å². The molecule has 3 aromatic heterocycles. The molecule has 0 aromatic carbocycles. The van der Waals surface area contributed by atoms with Gasteiger partial charge in [0.2, 0.25) is 5.89 Å². The number of aliphatic imine (C=N–C) groups is 1. The smallest absolute Gasteiger partial charge is 0.247 e. The Kier molecular flexibility index (Phi) is 3.55. The fourth-order valence-electron chi connectivity index (χ4n) is 2.16. The number of thioether (sulfide) groups is 1. The third-order valence-corrected chi connectivity index (χ3v) is 4.24. The van der Waals surface area contributed by atoms with E-state index in [0.717, 1.165) is 16.6 Å². The Hall–Kier alpha value is -2.67. The van der Waals surface area contributed by atoms with Gasteiger partial charge in [-0.15, -0.1) is 0 Å².